The number of carbonyl (C=O) groups excluding carboxylic acids is 2. The summed E-state index contributed by atoms with van der Waals surface area (Å²) in [5.41, 5.74) is 0.469. The lowest BCUT2D eigenvalue weighted by atomic mass is 9.99. The molecule has 1 aromatic heterocycles. The van der Waals surface area contributed by atoms with Crippen LogP contribution in [0, 0.1) is 6.92 Å². The molecular weight excluding hydrogens is 358 g/mol. The van der Waals surface area contributed by atoms with Gasteiger partial charge in [-0.15, -0.1) is 0 Å². The molecule has 2 heterocycles. The third kappa shape index (κ3) is 3.67. The lowest BCUT2D eigenvalue weighted by Gasteiger charge is -2.22. The summed E-state index contributed by atoms with van der Waals surface area (Å²) in [4.78, 5) is 26.8. The van der Waals surface area contributed by atoms with E-state index >= 15 is 0 Å². The molecule has 1 fully saturated rings. The Balaban J connectivity index is 2.10. The number of likely N-dealkylation sites (tertiary alicyclic amines) is 1. The molecule has 1 saturated heterocycles. The van der Waals surface area contributed by atoms with Gasteiger partial charge in [-0.1, -0.05) is 26.0 Å². The van der Waals surface area contributed by atoms with Gasteiger partial charge in [0.05, 0.1) is 12.2 Å². The van der Waals surface area contributed by atoms with Crippen molar-refractivity contribution in [2.24, 2.45) is 0 Å². The Morgan fingerprint density at radius 3 is 2.61 bits per heavy atom. The Morgan fingerprint density at radius 2 is 1.96 bits per heavy atom. The van der Waals surface area contributed by atoms with Crippen molar-refractivity contribution >= 4 is 17.4 Å². The van der Waals surface area contributed by atoms with Crippen molar-refractivity contribution in [1.82, 2.24) is 4.90 Å². The van der Waals surface area contributed by atoms with Crippen LogP contribution >= 0.6 is 0 Å². The van der Waals surface area contributed by atoms with Crippen LogP contribution < -0.4 is 4.74 Å². The molecule has 3 rings (SSSR count). The van der Waals surface area contributed by atoms with Gasteiger partial charge in [-0.25, -0.2) is 0 Å². The van der Waals surface area contributed by atoms with Gasteiger partial charge < -0.3 is 19.2 Å². The molecule has 6 heteroatoms. The number of ketones is 1. The molecular formula is C22H25NO5. The first-order chi connectivity index (χ1) is 13.5. The van der Waals surface area contributed by atoms with E-state index in [0.29, 0.717) is 42.4 Å². The molecule has 1 N–H and O–H groups in total. The fourth-order valence-corrected chi connectivity index (χ4v) is 3.36. The monoisotopic (exact) mass is 383 g/mol. The molecule has 1 aliphatic heterocycles. The number of hydrogen-bond acceptors (Lipinski definition) is 5. The Hall–Kier alpha value is -3.02. The molecule has 1 unspecified atom stereocenters. The van der Waals surface area contributed by atoms with Gasteiger partial charge in [0.25, 0.3) is 11.7 Å². The second-order valence-electron chi connectivity index (χ2n) is 6.82. The van der Waals surface area contributed by atoms with Crippen molar-refractivity contribution in [3.63, 3.8) is 0 Å². The summed E-state index contributed by atoms with van der Waals surface area (Å²) in [5, 5.41) is 11.0. The molecule has 1 aliphatic rings. The van der Waals surface area contributed by atoms with Crippen LogP contribution in [0.4, 0.5) is 0 Å². The number of carbonyl (C=O) groups is 2. The summed E-state index contributed by atoms with van der Waals surface area (Å²) in [7, 11) is 0. The van der Waals surface area contributed by atoms with Crippen LogP contribution in [0.3, 0.4) is 0 Å². The maximum absolute atomic E-state index is 12.8. The highest BCUT2D eigenvalue weighted by atomic mass is 16.5. The van der Waals surface area contributed by atoms with E-state index in [-0.39, 0.29) is 11.3 Å². The highest BCUT2D eigenvalue weighted by Crippen LogP contribution is 2.40. The van der Waals surface area contributed by atoms with Crippen LogP contribution in [-0.4, -0.2) is 34.8 Å². The number of amides is 1. The number of hydrogen-bond donors (Lipinski definition) is 1. The van der Waals surface area contributed by atoms with Gasteiger partial charge in [0.15, 0.2) is 0 Å². The Morgan fingerprint density at radius 1 is 1.18 bits per heavy atom. The highest BCUT2D eigenvalue weighted by Gasteiger charge is 2.47. The summed E-state index contributed by atoms with van der Waals surface area (Å²) < 4.78 is 11.3. The van der Waals surface area contributed by atoms with Crippen molar-refractivity contribution in [1.29, 1.82) is 0 Å². The predicted molar refractivity (Wildman–Crippen MR) is 105 cm³/mol. The van der Waals surface area contributed by atoms with Crippen molar-refractivity contribution in [3.8, 4) is 5.75 Å². The van der Waals surface area contributed by atoms with Crippen molar-refractivity contribution in [3.05, 3.63) is 59.1 Å². The second-order valence-corrected chi connectivity index (χ2v) is 6.82. The van der Waals surface area contributed by atoms with E-state index in [2.05, 4.69) is 0 Å². The molecule has 1 amide bonds. The normalized spacial score (nSPS) is 18.7. The zero-order valence-corrected chi connectivity index (χ0v) is 16.4. The number of aliphatic hydroxyl groups excluding tert-OH is 1. The van der Waals surface area contributed by atoms with Crippen LogP contribution in [0.15, 0.2) is 46.4 Å². The average molecular weight is 383 g/mol. The number of Topliss-reactive ketones (excluding diaryl/α,β-unsaturated/α-hetero) is 1. The van der Waals surface area contributed by atoms with E-state index in [1.165, 1.54) is 4.90 Å². The number of furan rings is 1. The molecule has 0 radical (unpaired) electrons. The molecule has 148 valence electrons. The standard InChI is InChI=1S/C22H25NO5/c1-4-11-23-19(17-10-9-14(3)28-17)18(21(25)22(23)26)20(24)15-7-6-8-16(13-15)27-12-5-2/h6-10,13,19,24H,4-5,11-12H2,1-3H3/b20-18-. The molecule has 0 saturated carbocycles. The minimum atomic E-state index is -0.742. The SMILES string of the molecule is CCCOc1cccc(/C(O)=C2/C(=O)C(=O)N(CCC)C2c2ccc(C)o2)c1. The van der Waals surface area contributed by atoms with Gasteiger partial charge in [-0.05, 0) is 44.0 Å². The quantitative estimate of drug-likeness (QED) is 0.440. The zero-order chi connectivity index (χ0) is 20.3. The van der Waals surface area contributed by atoms with E-state index in [0.717, 1.165) is 6.42 Å². The van der Waals surface area contributed by atoms with Crippen LogP contribution in [0.1, 0.15) is 49.8 Å². The lowest BCUT2D eigenvalue weighted by molar-refractivity contribution is -0.140. The first kappa shape index (κ1) is 19.7. The third-order valence-electron chi connectivity index (χ3n) is 4.62. The van der Waals surface area contributed by atoms with E-state index in [9.17, 15) is 14.7 Å². The Kier molecular flexibility index (Phi) is 5.87. The highest BCUT2D eigenvalue weighted by molar-refractivity contribution is 6.46. The maximum atomic E-state index is 12.8. The Labute approximate surface area is 164 Å². The summed E-state index contributed by atoms with van der Waals surface area (Å²) in [6.07, 6.45) is 1.54. The Bertz CT molecular complexity index is 911. The van der Waals surface area contributed by atoms with Gasteiger partial charge in [0.1, 0.15) is 29.1 Å². The first-order valence-electron chi connectivity index (χ1n) is 9.55. The topological polar surface area (TPSA) is 80.0 Å². The number of nitrogens with zero attached hydrogens (tertiary/aromatic N) is 1. The van der Waals surface area contributed by atoms with Crippen LogP contribution in [0.2, 0.25) is 0 Å². The van der Waals surface area contributed by atoms with Crippen LogP contribution in [-0.2, 0) is 9.59 Å². The number of aryl methyl sites for hydroxylation is 1. The number of benzene rings is 1. The number of aliphatic hydroxyl groups is 1. The fourth-order valence-electron chi connectivity index (χ4n) is 3.36. The largest absolute Gasteiger partial charge is 0.507 e. The predicted octanol–water partition coefficient (Wildman–Crippen LogP) is 4.21. The molecule has 28 heavy (non-hydrogen) atoms. The minimum Gasteiger partial charge on any atom is -0.507 e. The van der Waals surface area contributed by atoms with Gasteiger partial charge in [0, 0.05) is 12.1 Å². The molecule has 0 aliphatic carbocycles. The molecule has 0 bridgehead atoms. The van der Waals surface area contributed by atoms with Gasteiger partial charge in [-0.3, -0.25) is 9.59 Å². The van der Waals surface area contributed by atoms with E-state index in [1.54, 1.807) is 43.3 Å². The minimum absolute atomic E-state index is 0.0421. The first-order valence-corrected chi connectivity index (χ1v) is 9.55. The molecule has 2 aromatic rings. The maximum Gasteiger partial charge on any atom is 0.295 e. The van der Waals surface area contributed by atoms with Gasteiger partial charge in [0.2, 0.25) is 0 Å². The van der Waals surface area contributed by atoms with E-state index in [4.69, 9.17) is 9.15 Å². The summed E-state index contributed by atoms with van der Waals surface area (Å²) >= 11 is 0. The number of rotatable bonds is 7. The molecule has 1 atom stereocenters. The molecule has 1 aromatic carbocycles. The van der Waals surface area contributed by atoms with Crippen LogP contribution in [0.25, 0.3) is 5.76 Å². The molecule has 0 spiro atoms. The van der Waals surface area contributed by atoms with Gasteiger partial charge in [-0.2, -0.15) is 0 Å². The third-order valence-corrected chi connectivity index (χ3v) is 4.62. The summed E-state index contributed by atoms with van der Waals surface area (Å²) in [6, 6.07) is 9.66. The molecule has 6 nitrogen and oxygen atoms in total. The van der Waals surface area contributed by atoms with Crippen molar-refractivity contribution < 1.29 is 23.8 Å². The number of ether oxygens (including phenoxy) is 1. The zero-order valence-electron chi connectivity index (χ0n) is 16.4. The van der Waals surface area contributed by atoms with Crippen LogP contribution in [0.5, 0.6) is 5.75 Å². The van der Waals surface area contributed by atoms with Gasteiger partial charge >= 0.3 is 0 Å². The summed E-state index contributed by atoms with van der Waals surface area (Å²) in [5.74, 6) is 0.180. The second kappa shape index (κ2) is 8.33. The average Bonchev–Trinajstić information content (AvgIpc) is 3.22. The van der Waals surface area contributed by atoms with E-state index < -0.39 is 17.7 Å². The fraction of sp³-hybridized carbons (Fsp3) is 0.364. The summed E-state index contributed by atoms with van der Waals surface area (Å²) in [6.45, 7) is 6.68. The van der Waals surface area contributed by atoms with E-state index in [1.807, 2.05) is 13.8 Å². The lowest BCUT2D eigenvalue weighted by Crippen LogP contribution is -2.30. The smallest absolute Gasteiger partial charge is 0.295 e. The van der Waals surface area contributed by atoms with Crippen molar-refractivity contribution in [2.45, 2.75) is 39.7 Å². The van der Waals surface area contributed by atoms with Crippen molar-refractivity contribution in [2.75, 3.05) is 13.2 Å².